The third-order valence-electron chi connectivity index (χ3n) is 1.60. The minimum Gasteiger partial charge on any atom is -0.335 e. The Hall–Kier alpha value is -1.57. The zero-order valence-electron chi connectivity index (χ0n) is 6.95. The summed E-state index contributed by atoms with van der Waals surface area (Å²) in [7, 11) is 0. The van der Waals surface area contributed by atoms with E-state index < -0.39 is 0 Å². The molecule has 0 bridgehead atoms. The first-order valence-corrected chi connectivity index (χ1v) is 3.76. The number of hydrogen-bond acceptors (Lipinski definition) is 1. The van der Waals surface area contributed by atoms with Gasteiger partial charge in [0.2, 0.25) is 6.41 Å². The summed E-state index contributed by atoms with van der Waals surface area (Å²) >= 11 is 0. The molecule has 0 aliphatic rings. The molecule has 62 valence electrons. The Kier molecular flexibility index (Phi) is 3.08. The molecule has 12 heavy (non-hydrogen) atoms. The van der Waals surface area contributed by atoms with Crippen LogP contribution in [0.15, 0.2) is 36.5 Å². The van der Waals surface area contributed by atoms with E-state index in [4.69, 9.17) is 0 Å². The average Bonchev–Trinajstić information content (AvgIpc) is 2.15. The van der Waals surface area contributed by atoms with Crippen molar-refractivity contribution < 1.29 is 4.79 Å². The first-order chi connectivity index (χ1) is 5.84. The van der Waals surface area contributed by atoms with Gasteiger partial charge in [0, 0.05) is 6.20 Å². The molecule has 0 unspecified atom stereocenters. The summed E-state index contributed by atoms with van der Waals surface area (Å²) in [5, 5.41) is 2.50. The summed E-state index contributed by atoms with van der Waals surface area (Å²) in [5.41, 5.74) is 2.16. The molecule has 0 saturated carbocycles. The Balaban J connectivity index is 2.77. The molecule has 0 aromatic heterocycles. The van der Waals surface area contributed by atoms with Crippen molar-refractivity contribution in [3.63, 3.8) is 0 Å². The van der Waals surface area contributed by atoms with Gasteiger partial charge in [-0.3, -0.25) is 4.79 Å². The number of carbonyl (C=O) groups is 1. The van der Waals surface area contributed by atoms with Gasteiger partial charge in [0.1, 0.15) is 0 Å². The van der Waals surface area contributed by atoms with Gasteiger partial charge in [0.15, 0.2) is 0 Å². The molecular formula is C10H11NO. The van der Waals surface area contributed by atoms with Crippen LogP contribution in [0.5, 0.6) is 0 Å². The lowest BCUT2D eigenvalue weighted by atomic mass is 10.1. The van der Waals surface area contributed by atoms with Crippen molar-refractivity contribution in [2.24, 2.45) is 0 Å². The molecule has 1 N–H and O–H groups in total. The van der Waals surface area contributed by atoms with Gasteiger partial charge < -0.3 is 5.32 Å². The van der Waals surface area contributed by atoms with Gasteiger partial charge in [-0.1, -0.05) is 30.3 Å². The van der Waals surface area contributed by atoms with Crippen LogP contribution in [0.2, 0.25) is 0 Å². The lowest BCUT2D eigenvalue weighted by molar-refractivity contribution is -0.108. The molecule has 1 amide bonds. The highest BCUT2D eigenvalue weighted by atomic mass is 16.1. The van der Waals surface area contributed by atoms with Gasteiger partial charge >= 0.3 is 0 Å². The molecule has 0 spiro atoms. The fourth-order valence-corrected chi connectivity index (χ4v) is 0.943. The maximum Gasteiger partial charge on any atom is 0.211 e. The molecule has 0 fully saturated rings. The van der Waals surface area contributed by atoms with Crippen molar-refractivity contribution in [3.05, 3.63) is 42.1 Å². The lowest BCUT2D eigenvalue weighted by Gasteiger charge is -1.99. The Bertz CT molecular complexity index is 277. The number of carbonyl (C=O) groups excluding carboxylic acids is 1. The van der Waals surface area contributed by atoms with E-state index in [2.05, 4.69) is 5.32 Å². The average molecular weight is 161 g/mol. The first kappa shape index (κ1) is 8.53. The maximum atomic E-state index is 9.98. The Morgan fingerprint density at radius 1 is 1.33 bits per heavy atom. The molecule has 1 aromatic carbocycles. The molecule has 1 rings (SSSR count). The van der Waals surface area contributed by atoms with Gasteiger partial charge in [-0.25, -0.2) is 0 Å². The highest BCUT2D eigenvalue weighted by Gasteiger charge is 1.91. The van der Waals surface area contributed by atoms with Crippen molar-refractivity contribution in [1.29, 1.82) is 0 Å². The predicted octanol–water partition coefficient (Wildman–Crippen LogP) is 1.79. The highest BCUT2D eigenvalue weighted by molar-refractivity contribution is 5.65. The van der Waals surface area contributed by atoms with E-state index in [1.807, 2.05) is 37.3 Å². The van der Waals surface area contributed by atoms with Crippen molar-refractivity contribution in [2.45, 2.75) is 6.92 Å². The molecule has 0 saturated heterocycles. The second-order valence-corrected chi connectivity index (χ2v) is 2.48. The summed E-state index contributed by atoms with van der Waals surface area (Å²) < 4.78 is 0. The topological polar surface area (TPSA) is 29.1 Å². The van der Waals surface area contributed by atoms with Crippen LogP contribution in [0.4, 0.5) is 0 Å². The van der Waals surface area contributed by atoms with Crippen molar-refractivity contribution >= 4 is 12.0 Å². The largest absolute Gasteiger partial charge is 0.335 e. The minimum atomic E-state index is 0.659. The van der Waals surface area contributed by atoms with Crippen LogP contribution in [0, 0.1) is 0 Å². The Morgan fingerprint density at radius 2 is 2.00 bits per heavy atom. The maximum absolute atomic E-state index is 9.98. The normalized spacial score (nSPS) is 10.9. The number of rotatable bonds is 3. The van der Waals surface area contributed by atoms with Gasteiger partial charge in [-0.05, 0) is 18.1 Å². The van der Waals surface area contributed by atoms with Crippen LogP contribution in [0.1, 0.15) is 12.5 Å². The molecule has 0 aliphatic carbocycles. The minimum absolute atomic E-state index is 0.659. The molecule has 2 heteroatoms. The molecule has 0 atom stereocenters. The summed E-state index contributed by atoms with van der Waals surface area (Å²) in [4.78, 5) is 9.98. The van der Waals surface area contributed by atoms with E-state index in [0.29, 0.717) is 6.41 Å². The number of allylic oxidation sites excluding steroid dienone is 1. The quantitative estimate of drug-likeness (QED) is 0.673. The van der Waals surface area contributed by atoms with Gasteiger partial charge in [-0.15, -0.1) is 0 Å². The van der Waals surface area contributed by atoms with Crippen LogP contribution in [0.25, 0.3) is 5.57 Å². The Morgan fingerprint density at radius 3 is 2.58 bits per heavy atom. The fourth-order valence-electron chi connectivity index (χ4n) is 0.943. The zero-order chi connectivity index (χ0) is 8.81. The van der Waals surface area contributed by atoms with Crippen molar-refractivity contribution in [2.75, 3.05) is 0 Å². The molecule has 0 radical (unpaired) electrons. The van der Waals surface area contributed by atoms with Crippen molar-refractivity contribution in [1.82, 2.24) is 5.32 Å². The second kappa shape index (κ2) is 4.34. The van der Waals surface area contributed by atoms with E-state index >= 15 is 0 Å². The molecule has 0 heterocycles. The van der Waals surface area contributed by atoms with E-state index in [9.17, 15) is 4.79 Å². The van der Waals surface area contributed by atoms with Crippen molar-refractivity contribution in [3.8, 4) is 0 Å². The van der Waals surface area contributed by atoms with E-state index in [-0.39, 0.29) is 0 Å². The third-order valence-corrected chi connectivity index (χ3v) is 1.60. The van der Waals surface area contributed by atoms with E-state index in [0.717, 1.165) is 11.1 Å². The lowest BCUT2D eigenvalue weighted by Crippen LogP contribution is -2.00. The first-order valence-electron chi connectivity index (χ1n) is 3.76. The molecule has 1 aromatic rings. The summed E-state index contributed by atoms with van der Waals surface area (Å²) in [6.07, 6.45) is 2.34. The second-order valence-electron chi connectivity index (χ2n) is 2.48. The third kappa shape index (κ3) is 2.23. The van der Waals surface area contributed by atoms with Gasteiger partial charge in [-0.2, -0.15) is 0 Å². The van der Waals surface area contributed by atoms with Crippen LogP contribution in [-0.2, 0) is 4.79 Å². The molecule has 0 aliphatic heterocycles. The monoisotopic (exact) mass is 161 g/mol. The number of benzene rings is 1. The molecule has 2 nitrogen and oxygen atoms in total. The van der Waals surface area contributed by atoms with Gasteiger partial charge in [0.05, 0.1) is 0 Å². The molecular weight excluding hydrogens is 150 g/mol. The summed E-state index contributed by atoms with van der Waals surface area (Å²) in [6, 6.07) is 9.89. The standard InChI is InChI=1S/C10H11NO/c1-9(7-11-8-12)10-5-3-2-4-6-10/h2-8H,1H3,(H,11,12)/b9-7+. The van der Waals surface area contributed by atoms with Crippen LogP contribution < -0.4 is 5.32 Å². The SMILES string of the molecule is C/C(=C\NC=O)c1ccccc1. The van der Waals surface area contributed by atoms with Crippen LogP contribution in [-0.4, -0.2) is 6.41 Å². The van der Waals surface area contributed by atoms with E-state index in [1.54, 1.807) is 6.20 Å². The zero-order valence-corrected chi connectivity index (χ0v) is 6.95. The van der Waals surface area contributed by atoms with Crippen LogP contribution in [0.3, 0.4) is 0 Å². The number of nitrogens with one attached hydrogen (secondary N) is 1. The fraction of sp³-hybridized carbons (Fsp3) is 0.100. The summed E-state index contributed by atoms with van der Waals surface area (Å²) in [6.45, 7) is 1.95. The number of hydrogen-bond donors (Lipinski definition) is 1. The predicted molar refractivity (Wildman–Crippen MR) is 49.3 cm³/mol. The van der Waals surface area contributed by atoms with Gasteiger partial charge in [0.25, 0.3) is 0 Å². The van der Waals surface area contributed by atoms with E-state index in [1.165, 1.54) is 0 Å². The summed E-state index contributed by atoms with van der Waals surface area (Å²) in [5.74, 6) is 0. The smallest absolute Gasteiger partial charge is 0.211 e. The van der Waals surface area contributed by atoms with Crippen LogP contribution >= 0.6 is 0 Å². The number of amides is 1. The Labute approximate surface area is 71.9 Å². The highest BCUT2D eigenvalue weighted by Crippen LogP contribution is 2.10.